The second-order valence-electron chi connectivity index (χ2n) is 5.28. The Labute approximate surface area is 101 Å². The molecular weight excluding hydrogens is 198 g/mol. The molecule has 2 nitrogen and oxygen atoms in total. The Morgan fingerprint density at radius 3 is 2.12 bits per heavy atom. The molecule has 0 aromatic heterocycles. The van der Waals surface area contributed by atoms with Crippen LogP contribution in [0.25, 0.3) is 0 Å². The quantitative estimate of drug-likeness (QED) is 0.618. The van der Waals surface area contributed by atoms with E-state index in [9.17, 15) is 0 Å². The number of morpholine rings is 1. The highest BCUT2D eigenvalue weighted by Crippen LogP contribution is 2.12. The fourth-order valence-corrected chi connectivity index (χ4v) is 2.58. The summed E-state index contributed by atoms with van der Waals surface area (Å²) in [5.74, 6) is 0. The van der Waals surface area contributed by atoms with Crippen molar-refractivity contribution >= 4 is 0 Å². The molecule has 0 spiro atoms. The van der Waals surface area contributed by atoms with Crippen molar-refractivity contribution in [3.05, 3.63) is 0 Å². The molecular formula is C14H29NO. The minimum absolute atomic E-state index is 0.420. The number of hydrogen-bond donors (Lipinski definition) is 0. The second kappa shape index (κ2) is 8.08. The van der Waals surface area contributed by atoms with Crippen molar-refractivity contribution in [2.24, 2.45) is 0 Å². The van der Waals surface area contributed by atoms with Gasteiger partial charge in [-0.15, -0.1) is 0 Å². The predicted octanol–water partition coefficient (Wildman–Crippen LogP) is 3.46. The van der Waals surface area contributed by atoms with E-state index in [2.05, 4.69) is 25.7 Å². The van der Waals surface area contributed by atoms with Crippen LogP contribution < -0.4 is 0 Å². The molecule has 0 aromatic carbocycles. The summed E-state index contributed by atoms with van der Waals surface area (Å²) < 4.78 is 5.73. The molecule has 0 aliphatic carbocycles. The van der Waals surface area contributed by atoms with Crippen molar-refractivity contribution in [3.63, 3.8) is 0 Å². The number of nitrogens with zero attached hydrogens (tertiary/aromatic N) is 1. The number of unbranched alkanes of at least 4 members (excludes halogenated alkanes) is 5. The summed E-state index contributed by atoms with van der Waals surface area (Å²) in [5.41, 5.74) is 0. The maximum Gasteiger partial charge on any atom is 0.0678 e. The Kier molecular flexibility index (Phi) is 7.06. The third kappa shape index (κ3) is 5.86. The SMILES string of the molecule is CCCCCCCCN1CC(C)OC(C)C1. The number of rotatable bonds is 7. The van der Waals surface area contributed by atoms with Crippen LogP contribution in [0.5, 0.6) is 0 Å². The van der Waals surface area contributed by atoms with Crippen molar-refractivity contribution in [3.8, 4) is 0 Å². The number of hydrogen-bond acceptors (Lipinski definition) is 2. The lowest BCUT2D eigenvalue weighted by Gasteiger charge is -2.35. The van der Waals surface area contributed by atoms with Crippen molar-refractivity contribution in [2.45, 2.75) is 71.5 Å². The highest BCUT2D eigenvalue weighted by atomic mass is 16.5. The van der Waals surface area contributed by atoms with Crippen LogP contribution in [0, 0.1) is 0 Å². The highest BCUT2D eigenvalue weighted by Gasteiger charge is 2.21. The molecule has 0 bridgehead atoms. The average Bonchev–Trinajstić information content (AvgIpc) is 2.22. The van der Waals surface area contributed by atoms with Gasteiger partial charge in [0.2, 0.25) is 0 Å². The fraction of sp³-hybridized carbons (Fsp3) is 1.00. The lowest BCUT2D eigenvalue weighted by Crippen LogP contribution is -2.45. The Morgan fingerprint density at radius 2 is 1.50 bits per heavy atom. The van der Waals surface area contributed by atoms with Crippen LogP contribution in [-0.2, 0) is 4.74 Å². The molecule has 1 heterocycles. The summed E-state index contributed by atoms with van der Waals surface area (Å²) in [6, 6.07) is 0. The van der Waals surface area contributed by atoms with Crippen LogP contribution in [0.15, 0.2) is 0 Å². The molecule has 0 saturated carbocycles. The van der Waals surface area contributed by atoms with E-state index >= 15 is 0 Å². The van der Waals surface area contributed by atoms with Gasteiger partial charge in [0, 0.05) is 13.1 Å². The van der Waals surface area contributed by atoms with Gasteiger partial charge in [0.25, 0.3) is 0 Å². The minimum Gasteiger partial charge on any atom is -0.373 e. The van der Waals surface area contributed by atoms with Crippen molar-refractivity contribution in [1.29, 1.82) is 0 Å². The zero-order valence-corrected chi connectivity index (χ0v) is 11.4. The first-order chi connectivity index (χ1) is 7.72. The van der Waals surface area contributed by atoms with Crippen LogP contribution in [0.4, 0.5) is 0 Å². The van der Waals surface area contributed by atoms with Gasteiger partial charge in [-0.25, -0.2) is 0 Å². The largest absolute Gasteiger partial charge is 0.373 e. The molecule has 1 aliphatic rings. The molecule has 1 aliphatic heterocycles. The summed E-state index contributed by atoms with van der Waals surface area (Å²) in [5, 5.41) is 0. The zero-order chi connectivity index (χ0) is 11.8. The molecule has 2 atom stereocenters. The van der Waals surface area contributed by atoms with Crippen molar-refractivity contribution < 1.29 is 4.74 Å². The van der Waals surface area contributed by atoms with Crippen molar-refractivity contribution in [2.75, 3.05) is 19.6 Å². The first-order valence-corrected chi connectivity index (χ1v) is 7.10. The highest BCUT2D eigenvalue weighted by molar-refractivity contribution is 4.72. The van der Waals surface area contributed by atoms with E-state index in [0.717, 1.165) is 13.1 Å². The molecule has 0 aromatic rings. The maximum absolute atomic E-state index is 5.73. The van der Waals surface area contributed by atoms with Gasteiger partial charge < -0.3 is 4.74 Å². The van der Waals surface area contributed by atoms with E-state index in [-0.39, 0.29) is 0 Å². The first-order valence-electron chi connectivity index (χ1n) is 7.10. The maximum atomic E-state index is 5.73. The van der Waals surface area contributed by atoms with E-state index in [1.165, 1.54) is 45.1 Å². The zero-order valence-electron chi connectivity index (χ0n) is 11.4. The summed E-state index contributed by atoms with van der Waals surface area (Å²) in [4.78, 5) is 2.57. The van der Waals surface area contributed by atoms with Crippen molar-refractivity contribution in [1.82, 2.24) is 4.90 Å². The lowest BCUT2D eigenvalue weighted by molar-refractivity contribution is -0.0681. The van der Waals surface area contributed by atoms with Gasteiger partial charge in [-0.05, 0) is 26.8 Å². The molecule has 0 N–H and O–H groups in total. The molecule has 0 radical (unpaired) electrons. The third-order valence-electron chi connectivity index (χ3n) is 3.32. The Morgan fingerprint density at radius 1 is 0.938 bits per heavy atom. The molecule has 2 unspecified atom stereocenters. The van der Waals surface area contributed by atoms with E-state index in [1.54, 1.807) is 0 Å². The van der Waals surface area contributed by atoms with Gasteiger partial charge in [-0.2, -0.15) is 0 Å². The molecule has 16 heavy (non-hydrogen) atoms. The van der Waals surface area contributed by atoms with E-state index in [4.69, 9.17) is 4.74 Å². The number of ether oxygens (including phenoxy) is 1. The summed E-state index contributed by atoms with van der Waals surface area (Å²) >= 11 is 0. The summed E-state index contributed by atoms with van der Waals surface area (Å²) in [6.07, 6.45) is 9.20. The average molecular weight is 227 g/mol. The predicted molar refractivity (Wildman–Crippen MR) is 69.8 cm³/mol. The first kappa shape index (κ1) is 14.0. The van der Waals surface area contributed by atoms with E-state index in [0.29, 0.717) is 12.2 Å². The minimum atomic E-state index is 0.420. The Bertz CT molecular complexity index is 162. The van der Waals surface area contributed by atoms with Crippen LogP contribution in [-0.4, -0.2) is 36.7 Å². The molecule has 1 saturated heterocycles. The van der Waals surface area contributed by atoms with Gasteiger partial charge in [-0.1, -0.05) is 39.0 Å². The van der Waals surface area contributed by atoms with Gasteiger partial charge in [0.1, 0.15) is 0 Å². The normalized spacial score (nSPS) is 27.2. The molecule has 96 valence electrons. The van der Waals surface area contributed by atoms with Crippen LogP contribution in [0.2, 0.25) is 0 Å². The van der Waals surface area contributed by atoms with Crippen LogP contribution >= 0.6 is 0 Å². The molecule has 1 fully saturated rings. The van der Waals surface area contributed by atoms with Crippen LogP contribution in [0.1, 0.15) is 59.3 Å². The Balaban J connectivity index is 1.99. The smallest absolute Gasteiger partial charge is 0.0678 e. The van der Waals surface area contributed by atoms with E-state index < -0.39 is 0 Å². The lowest BCUT2D eigenvalue weighted by atomic mass is 10.1. The molecule has 2 heteroatoms. The van der Waals surface area contributed by atoms with Gasteiger partial charge in [-0.3, -0.25) is 4.90 Å². The second-order valence-corrected chi connectivity index (χ2v) is 5.28. The topological polar surface area (TPSA) is 12.5 Å². The van der Waals surface area contributed by atoms with Gasteiger partial charge >= 0.3 is 0 Å². The van der Waals surface area contributed by atoms with Crippen LogP contribution in [0.3, 0.4) is 0 Å². The standard InChI is InChI=1S/C14H29NO/c1-4-5-6-7-8-9-10-15-11-13(2)16-14(3)12-15/h13-14H,4-12H2,1-3H3. The fourth-order valence-electron chi connectivity index (χ4n) is 2.58. The summed E-state index contributed by atoms with van der Waals surface area (Å²) in [7, 11) is 0. The van der Waals surface area contributed by atoms with Gasteiger partial charge in [0.05, 0.1) is 12.2 Å². The molecule has 1 rings (SSSR count). The Hall–Kier alpha value is -0.0800. The van der Waals surface area contributed by atoms with Gasteiger partial charge in [0.15, 0.2) is 0 Å². The third-order valence-corrected chi connectivity index (χ3v) is 3.32. The molecule has 0 amide bonds. The summed E-state index contributed by atoms with van der Waals surface area (Å²) in [6.45, 7) is 10.2. The van der Waals surface area contributed by atoms with E-state index in [1.807, 2.05) is 0 Å². The monoisotopic (exact) mass is 227 g/mol.